The van der Waals surface area contributed by atoms with Gasteiger partial charge in [-0.05, 0) is 36.6 Å². The first-order valence-corrected chi connectivity index (χ1v) is 9.67. The van der Waals surface area contributed by atoms with Crippen LogP contribution in [-0.2, 0) is 19.4 Å². The molecular weight excluding hydrogens is 479 g/mol. The Kier molecular flexibility index (Phi) is 7.56. The van der Waals surface area contributed by atoms with Gasteiger partial charge in [-0.25, -0.2) is 0 Å². The summed E-state index contributed by atoms with van der Waals surface area (Å²) in [7, 11) is 0. The number of aromatic nitrogens is 3. The van der Waals surface area contributed by atoms with Gasteiger partial charge in [-0.3, -0.25) is 9.98 Å². The molecule has 4 rings (SSSR count). The maximum Gasteiger partial charge on any atom is 0.276 e. The molecule has 3 heterocycles. The van der Waals surface area contributed by atoms with Crippen molar-refractivity contribution in [2.75, 3.05) is 19.6 Å². The Morgan fingerprint density at radius 1 is 1.17 bits per heavy atom. The predicted octanol–water partition coefficient (Wildman–Crippen LogP) is 3.32. The Morgan fingerprint density at radius 2 is 2.00 bits per heavy atom. The van der Waals surface area contributed by atoms with Crippen molar-refractivity contribution in [1.82, 2.24) is 25.3 Å². The maximum atomic E-state index is 5.31. The summed E-state index contributed by atoms with van der Waals surface area (Å²) in [4.78, 5) is 15.7. The molecule has 1 aromatic carbocycles. The first-order valence-electron chi connectivity index (χ1n) is 9.67. The molecule has 0 saturated heterocycles. The fourth-order valence-electron chi connectivity index (χ4n) is 3.31. The van der Waals surface area contributed by atoms with E-state index in [0.29, 0.717) is 30.4 Å². The van der Waals surface area contributed by atoms with Crippen molar-refractivity contribution in [2.45, 2.75) is 26.3 Å². The van der Waals surface area contributed by atoms with E-state index >= 15 is 0 Å². The van der Waals surface area contributed by atoms with E-state index in [1.165, 1.54) is 11.1 Å². The van der Waals surface area contributed by atoms with Gasteiger partial charge in [0.05, 0.1) is 0 Å². The number of halogens is 1. The van der Waals surface area contributed by atoms with Gasteiger partial charge in [-0.15, -0.1) is 24.0 Å². The molecule has 1 aliphatic heterocycles. The molecule has 0 bridgehead atoms. The van der Waals surface area contributed by atoms with Crippen LogP contribution in [0.25, 0.3) is 11.6 Å². The summed E-state index contributed by atoms with van der Waals surface area (Å²) in [6.45, 7) is 5.37. The van der Waals surface area contributed by atoms with Crippen molar-refractivity contribution in [3.63, 3.8) is 0 Å². The lowest BCUT2D eigenvalue weighted by Gasteiger charge is -2.31. The second-order valence-corrected chi connectivity index (χ2v) is 6.66. The fourth-order valence-corrected chi connectivity index (χ4v) is 3.31. The van der Waals surface area contributed by atoms with Crippen molar-refractivity contribution < 1.29 is 4.52 Å². The van der Waals surface area contributed by atoms with Gasteiger partial charge in [0, 0.05) is 38.8 Å². The van der Waals surface area contributed by atoms with Gasteiger partial charge in [0.1, 0.15) is 5.69 Å². The van der Waals surface area contributed by atoms with Crippen LogP contribution in [0.1, 0.15) is 23.9 Å². The smallest absolute Gasteiger partial charge is 0.276 e. The molecule has 3 aromatic rings. The Morgan fingerprint density at radius 3 is 2.79 bits per heavy atom. The highest BCUT2D eigenvalue weighted by Crippen LogP contribution is 2.18. The lowest BCUT2D eigenvalue weighted by atomic mass is 10.0. The van der Waals surface area contributed by atoms with Crippen LogP contribution < -0.4 is 5.32 Å². The van der Waals surface area contributed by atoms with Crippen LogP contribution in [0.15, 0.2) is 58.2 Å². The molecule has 1 aliphatic rings. The SMILES string of the molecule is CCNC(=NCCc1noc(-c2ccccn2)n1)N1CCc2ccccc2C1.I. The monoisotopic (exact) mass is 504 g/mol. The Balaban J connectivity index is 0.00000240. The number of aliphatic imine (C=N–C) groups is 1. The van der Waals surface area contributed by atoms with E-state index in [-0.39, 0.29) is 24.0 Å². The Labute approximate surface area is 187 Å². The Hall–Kier alpha value is -2.49. The van der Waals surface area contributed by atoms with E-state index in [9.17, 15) is 0 Å². The van der Waals surface area contributed by atoms with Crippen LogP contribution in [-0.4, -0.2) is 45.6 Å². The van der Waals surface area contributed by atoms with Crippen molar-refractivity contribution in [3.05, 3.63) is 65.6 Å². The number of nitrogens with one attached hydrogen (secondary N) is 1. The molecule has 0 unspecified atom stereocenters. The molecule has 1 N–H and O–H groups in total. The van der Waals surface area contributed by atoms with E-state index in [4.69, 9.17) is 9.52 Å². The lowest BCUT2D eigenvalue weighted by molar-refractivity contribution is 0.378. The topological polar surface area (TPSA) is 79.4 Å². The summed E-state index contributed by atoms with van der Waals surface area (Å²) < 4.78 is 5.31. The summed E-state index contributed by atoms with van der Waals surface area (Å²) in [5.41, 5.74) is 3.49. The van der Waals surface area contributed by atoms with Crippen LogP contribution in [0.4, 0.5) is 0 Å². The first-order chi connectivity index (χ1) is 13.8. The van der Waals surface area contributed by atoms with Gasteiger partial charge in [0.15, 0.2) is 11.8 Å². The predicted molar refractivity (Wildman–Crippen MR) is 123 cm³/mol. The molecule has 0 saturated carbocycles. The van der Waals surface area contributed by atoms with Gasteiger partial charge >= 0.3 is 0 Å². The standard InChI is InChI=1S/C21H24N6O.HI/c1-2-22-21(27-14-11-16-7-3-4-8-17(16)15-27)24-13-10-19-25-20(28-26-19)18-9-5-6-12-23-18;/h3-9,12H,2,10-11,13-15H2,1H3,(H,22,24);1H. The van der Waals surface area contributed by atoms with E-state index in [0.717, 1.165) is 32.0 Å². The minimum absolute atomic E-state index is 0. The van der Waals surface area contributed by atoms with Gasteiger partial charge in [-0.2, -0.15) is 4.98 Å². The van der Waals surface area contributed by atoms with Crippen LogP contribution in [0.3, 0.4) is 0 Å². The van der Waals surface area contributed by atoms with Gasteiger partial charge < -0.3 is 14.7 Å². The highest BCUT2D eigenvalue weighted by molar-refractivity contribution is 14.0. The number of hydrogen-bond donors (Lipinski definition) is 1. The average molecular weight is 504 g/mol. The number of hydrogen-bond acceptors (Lipinski definition) is 5. The normalized spacial score (nSPS) is 13.6. The summed E-state index contributed by atoms with van der Waals surface area (Å²) >= 11 is 0. The van der Waals surface area contributed by atoms with Crippen molar-refractivity contribution in [2.24, 2.45) is 4.99 Å². The zero-order valence-corrected chi connectivity index (χ0v) is 18.7. The molecule has 7 nitrogen and oxygen atoms in total. The zero-order chi connectivity index (χ0) is 19.2. The van der Waals surface area contributed by atoms with E-state index < -0.39 is 0 Å². The number of benzene rings is 1. The molecule has 0 fully saturated rings. The summed E-state index contributed by atoms with van der Waals surface area (Å²) in [6.07, 6.45) is 3.37. The highest BCUT2D eigenvalue weighted by atomic mass is 127. The quantitative estimate of drug-likeness (QED) is 0.327. The molecule has 0 spiro atoms. The van der Waals surface area contributed by atoms with E-state index in [1.807, 2.05) is 18.2 Å². The van der Waals surface area contributed by atoms with Crippen molar-refractivity contribution in [1.29, 1.82) is 0 Å². The molecular formula is C21H25IN6O. The number of guanidine groups is 1. The summed E-state index contributed by atoms with van der Waals surface area (Å²) in [5, 5.41) is 7.45. The van der Waals surface area contributed by atoms with Gasteiger partial charge in [0.25, 0.3) is 5.89 Å². The highest BCUT2D eigenvalue weighted by Gasteiger charge is 2.18. The molecule has 8 heteroatoms. The van der Waals surface area contributed by atoms with Crippen LogP contribution in [0, 0.1) is 0 Å². The first kappa shape index (κ1) is 21.2. The molecule has 2 aromatic heterocycles. The minimum Gasteiger partial charge on any atom is -0.357 e. The third-order valence-corrected chi connectivity index (χ3v) is 4.71. The summed E-state index contributed by atoms with van der Waals surface area (Å²) in [6, 6.07) is 14.2. The second-order valence-electron chi connectivity index (χ2n) is 6.66. The van der Waals surface area contributed by atoms with Gasteiger partial charge in [0.2, 0.25) is 0 Å². The third-order valence-electron chi connectivity index (χ3n) is 4.71. The van der Waals surface area contributed by atoms with Gasteiger partial charge in [-0.1, -0.05) is 35.5 Å². The molecule has 0 atom stereocenters. The van der Waals surface area contributed by atoms with E-state index in [1.54, 1.807) is 6.20 Å². The molecule has 29 heavy (non-hydrogen) atoms. The minimum atomic E-state index is 0. The van der Waals surface area contributed by atoms with Crippen LogP contribution in [0.2, 0.25) is 0 Å². The molecule has 0 amide bonds. The number of rotatable bonds is 5. The maximum absolute atomic E-state index is 5.31. The lowest BCUT2D eigenvalue weighted by Crippen LogP contribution is -2.44. The third kappa shape index (κ3) is 5.31. The fraction of sp³-hybridized carbons (Fsp3) is 0.333. The molecule has 152 valence electrons. The Bertz CT molecular complexity index is 943. The van der Waals surface area contributed by atoms with Crippen LogP contribution >= 0.6 is 24.0 Å². The number of nitrogens with zero attached hydrogens (tertiary/aromatic N) is 5. The molecule has 0 aliphatic carbocycles. The zero-order valence-electron chi connectivity index (χ0n) is 16.4. The number of fused-ring (bicyclic) bond motifs is 1. The number of pyridine rings is 1. The largest absolute Gasteiger partial charge is 0.357 e. The van der Waals surface area contributed by atoms with E-state index in [2.05, 4.69) is 56.5 Å². The molecule has 0 radical (unpaired) electrons. The van der Waals surface area contributed by atoms with Crippen LogP contribution in [0.5, 0.6) is 0 Å². The van der Waals surface area contributed by atoms with Crippen molar-refractivity contribution in [3.8, 4) is 11.6 Å². The second kappa shape index (κ2) is 10.3. The van der Waals surface area contributed by atoms with Crippen molar-refractivity contribution >= 4 is 29.9 Å². The summed E-state index contributed by atoms with van der Waals surface area (Å²) in [5.74, 6) is 2.02. The average Bonchev–Trinajstić information content (AvgIpc) is 3.22.